The maximum atomic E-state index is 12.7. The van der Waals surface area contributed by atoms with E-state index in [4.69, 9.17) is 9.47 Å². The van der Waals surface area contributed by atoms with Crippen molar-refractivity contribution in [2.45, 2.75) is 20.4 Å². The smallest absolute Gasteiger partial charge is 0.308 e. The highest BCUT2D eigenvalue weighted by atomic mass is 79.9. The van der Waals surface area contributed by atoms with Crippen molar-refractivity contribution in [2.24, 2.45) is 0 Å². The minimum atomic E-state index is -0.451. The number of imide groups is 1. The fourth-order valence-electron chi connectivity index (χ4n) is 2.68. The molecule has 8 heteroatoms. The summed E-state index contributed by atoms with van der Waals surface area (Å²) in [6, 6.07) is 12.4. The van der Waals surface area contributed by atoms with Crippen LogP contribution in [-0.4, -0.2) is 28.6 Å². The summed E-state index contributed by atoms with van der Waals surface area (Å²) in [5.41, 5.74) is 1.53. The van der Waals surface area contributed by atoms with Gasteiger partial charge < -0.3 is 9.47 Å². The Bertz CT molecular complexity index is 987. The van der Waals surface area contributed by atoms with E-state index in [1.54, 1.807) is 24.3 Å². The second-order valence-electron chi connectivity index (χ2n) is 6.13. The van der Waals surface area contributed by atoms with Gasteiger partial charge in [0.15, 0.2) is 11.5 Å². The molecule has 0 atom stereocenters. The van der Waals surface area contributed by atoms with Crippen molar-refractivity contribution in [1.29, 1.82) is 0 Å². The summed E-state index contributed by atoms with van der Waals surface area (Å²) in [6.45, 7) is 3.73. The first-order chi connectivity index (χ1) is 13.9. The average Bonchev–Trinajstić information content (AvgIpc) is 2.93. The van der Waals surface area contributed by atoms with Gasteiger partial charge in [0.05, 0.1) is 18.1 Å². The molecule has 1 saturated heterocycles. The molecule has 150 valence electrons. The summed E-state index contributed by atoms with van der Waals surface area (Å²) in [6.07, 6.45) is 1.63. The Kier molecular flexibility index (Phi) is 6.76. The molecule has 3 rings (SSSR count). The van der Waals surface area contributed by atoms with Gasteiger partial charge >= 0.3 is 5.97 Å². The summed E-state index contributed by atoms with van der Waals surface area (Å²) in [7, 11) is 0. The molecule has 0 aromatic heterocycles. The molecule has 0 N–H and O–H groups in total. The van der Waals surface area contributed by atoms with Gasteiger partial charge in [-0.05, 0) is 60.2 Å². The summed E-state index contributed by atoms with van der Waals surface area (Å²) < 4.78 is 11.6. The number of carbonyl (C=O) groups is 3. The van der Waals surface area contributed by atoms with Crippen molar-refractivity contribution in [1.82, 2.24) is 4.90 Å². The molecule has 0 aliphatic carbocycles. The highest BCUT2D eigenvalue weighted by molar-refractivity contribution is 9.10. The van der Waals surface area contributed by atoms with Crippen molar-refractivity contribution in [3.63, 3.8) is 0 Å². The van der Waals surface area contributed by atoms with Gasteiger partial charge in [0.1, 0.15) is 0 Å². The topological polar surface area (TPSA) is 72.9 Å². The van der Waals surface area contributed by atoms with Gasteiger partial charge in [0.2, 0.25) is 0 Å². The molecule has 0 spiro atoms. The summed E-state index contributed by atoms with van der Waals surface area (Å²) in [5, 5.41) is -0.314. The third-order valence-electron chi connectivity index (χ3n) is 3.95. The Balaban J connectivity index is 1.82. The minimum Gasteiger partial charge on any atom is -0.490 e. The van der Waals surface area contributed by atoms with Crippen LogP contribution in [0.5, 0.6) is 11.5 Å². The van der Waals surface area contributed by atoms with E-state index in [0.717, 1.165) is 21.8 Å². The number of nitrogens with zero attached hydrogens (tertiary/aromatic N) is 1. The zero-order valence-corrected chi connectivity index (χ0v) is 18.2. The number of hydrogen-bond donors (Lipinski definition) is 0. The molecule has 0 bridgehead atoms. The summed E-state index contributed by atoms with van der Waals surface area (Å²) >= 11 is 4.26. The van der Waals surface area contributed by atoms with Crippen molar-refractivity contribution < 1.29 is 23.9 Å². The Morgan fingerprint density at radius 3 is 2.52 bits per heavy atom. The van der Waals surface area contributed by atoms with E-state index in [9.17, 15) is 14.4 Å². The Labute approximate surface area is 181 Å². The monoisotopic (exact) mass is 475 g/mol. The lowest BCUT2D eigenvalue weighted by molar-refractivity contribution is -0.132. The quantitative estimate of drug-likeness (QED) is 0.332. The van der Waals surface area contributed by atoms with E-state index in [-0.39, 0.29) is 17.7 Å². The molecule has 1 fully saturated rings. The maximum absolute atomic E-state index is 12.7. The van der Waals surface area contributed by atoms with E-state index in [1.165, 1.54) is 11.8 Å². The first-order valence-corrected chi connectivity index (χ1v) is 10.4. The molecule has 2 amide bonds. The SMILES string of the molecule is CCOc1cc(/C=C2\SC(=O)N(Cc3ccc(Br)cc3)C2=O)ccc1OC(C)=O. The van der Waals surface area contributed by atoms with Gasteiger partial charge in [-0.2, -0.15) is 0 Å². The van der Waals surface area contributed by atoms with Crippen LogP contribution < -0.4 is 9.47 Å². The number of halogens is 1. The first-order valence-electron chi connectivity index (χ1n) is 8.82. The van der Waals surface area contributed by atoms with Gasteiger partial charge in [-0.15, -0.1) is 0 Å². The number of hydrogen-bond acceptors (Lipinski definition) is 6. The van der Waals surface area contributed by atoms with Crippen LogP contribution in [-0.2, 0) is 16.1 Å². The lowest BCUT2D eigenvalue weighted by Crippen LogP contribution is -2.27. The van der Waals surface area contributed by atoms with Crippen LogP contribution >= 0.6 is 27.7 Å². The van der Waals surface area contributed by atoms with Crippen molar-refractivity contribution in [3.05, 3.63) is 63.0 Å². The second kappa shape index (κ2) is 9.28. The summed E-state index contributed by atoms with van der Waals surface area (Å²) in [5.74, 6) is -0.0944. The highest BCUT2D eigenvalue weighted by Gasteiger charge is 2.35. The molecule has 6 nitrogen and oxygen atoms in total. The van der Waals surface area contributed by atoms with Crippen molar-refractivity contribution >= 4 is 50.9 Å². The Hall–Kier alpha value is -2.58. The molecular formula is C21H18BrNO5S. The van der Waals surface area contributed by atoms with Gasteiger partial charge in [-0.1, -0.05) is 34.1 Å². The second-order valence-corrected chi connectivity index (χ2v) is 8.04. The van der Waals surface area contributed by atoms with Crippen molar-refractivity contribution in [3.8, 4) is 11.5 Å². The molecule has 0 saturated carbocycles. The van der Waals surface area contributed by atoms with Gasteiger partial charge in [0.25, 0.3) is 11.1 Å². The fraction of sp³-hybridized carbons (Fsp3) is 0.190. The van der Waals surface area contributed by atoms with Crippen molar-refractivity contribution in [2.75, 3.05) is 6.61 Å². The van der Waals surface area contributed by atoms with E-state index < -0.39 is 5.97 Å². The molecule has 1 aliphatic rings. The number of esters is 1. The lowest BCUT2D eigenvalue weighted by Gasteiger charge is -2.12. The molecule has 1 aliphatic heterocycles. The number of carbonyl (C=O) groups excluding carboxylic acids is 3. The van der Waals surface area contributed by atoms with Crippen LogP contribution in [0.3, 0.4) is 0 Å². The largest absolute Gasteiger partial charge is 0.490 e. The third kappa shape index (κ3) is 5.27. The minimum absolute atomic E-state index is 0.213. The number of amides is 2. The molecule has 2 aromatic rings. The normalized spacial score (nSPS) is 15.1. The molecule has 29 heavy (non-hydrogen) atoms. The van der Waals surface area contributed by atoms with E-state index in [2.05, 4.69) is 15.9 Å². The number of thioether (sulfide) groups is 1. The van der Waals surface area contributed by atoms with Crippen LogP contribution in [0, 0.1) is 0 Å². The molecular weight excluding hydrogens is 458 g/mol. The standard InChI is InChI=1S/C21H18BrNO5S/c1-3-27-18-10-15(6-9-17(18)28-13(2)24)11-19-20(25)23(21(26)29-19)12-14-4-7-16(22)8-5-14/h4-11H,3,12H2,1-2H3/b19-11-. The zero-order valence-electron chi connectivity index (χ0n) is 15.8. The number of ether oxygens (including phenoxy) is 2. The van der Waals surface area contributed by atoms with Crippen LogP contribution in [0.2, 0.25) is 0 Å². The summed E-state index contributed by atoms with van der Waals surface area (Å²) in [4.78, 5) is 37.8. The van der Waals surface area contributed by atoms with E-state index >= 15 is 0 Å². The Morgan fingerprint density at radius 1 is 1.14 bits per heavy atom. The molecule has 0 unspecified atom stereocenters. The van der Waals surface area contributed by atoms with Gasteiger partial charge in [-0.25, -0.2) is 0 Å². The van der Waals surface area contributed by atoms with Crippen LogP contribution in [0.15, 0.2) is 51.8 Å². The van der Waals surface area contributed by atoms with Gasteiger partial charge in [0, 0.05) is 11.4 Å². The van der Waals surface area contributed by atoms with E-state index in [0.29, 0.717) is 28.6 Å². The average molecular weight is 476 g/mol. The predicted molar refractivity (Wildman–Crippen MR) is 115 cm³/mol. The van der Waals surface area contributed by atoms with Gasteiger partial charge in [-0.3, -0.25) is 19.3 Å². The van der Waals surface area contributed by atoms with Crippen LogP contribution in [0.1, 0.15) is 25.0 Å². The number of rotatable bonds is 6. The van der Waals surface area contributed by atoms with E-state index in [1.807, 2.05) is 31.2 Å². The fourth-order valence-corrected chi connectivity index (χ4v) is 3.78. The highest BCUT2D eigenvalue weighted by Crippen LogP contribution is 2.35. The predicted octanol–water partition coefficient (Wildman–Crippen LogP) is 5.01. The molecule has 2 aromatic carbocycles. The first kappa shape index (κ1) is 21.1. The van der Waals surface area contributed by atoms with Crippen LogP contribution in [0.25, 0.3) is 6.08 Å². The number of benzene rings is 2. The lowest BCUT2D eigenvalue weighted by atomic mass is 10.1. The molecule has 1 heterocycles. The third-order valence-corrected chi connectivity index (χ3v) is 5.38. The Morgan fingerprint density at radius 2 is 1.86 bits per heavy atom. The van der Waals surface area contributed by atoms with Crippen LogP contribution in [0.4, 0.5) is 4.79 Å². The maximum Gasteiger partial charge on any atom is 0.308 e. The zero-order chi connectivity index (χ0) is 21.0. The molecule has 0 radical (unpaired) electrons.